The number of halogens is 2. The highest BCUT2D eigenvalue weighted by Crippen LogP contribution is 2.36. The van der Waals surface area contributed by atoms with Crippen LogP contribution in [0.2, 0.25) is 5.02 Å². The minimum atomic E-state index is 0.430. The van der Waals surface area contributed by atoms with E-state index in [1.807, 2.05) is 37.4 Å². The molecule has 2 nitrogen and oxygen atoms in total. The molecule has 2 rings (SSSR count). The van der Waals surface area contributed by atoms with Crippen molar-refractivity contribution in [2.75, 3.05) is 19.1 Å². The SMILES string of the molecule is COc1cc(CCl)cc(N(C)Cc2ccccc2)c1Cl. The van der Waals surface area contributed by atoms with Crippen molar-refractivity contribution in [1.29, 1.82) is 0 Å². The van der Waals surface area contributed by atoms with Crippen LogP contribution in [0, 0.1) is 0 Å². The second-order valence-corrected chi connectivity index (χ2v) is 5.25. The molecule has 20 heavy (non-hydrogen) atoms. The average Bonchev–Trinajstić information content (AvgIpc) is 2.48. The fourth-order valence-electron chi connectivity index (χ4n) is 2.08. The Labute approximate surface area is 129 Å². The monoisotopic (exact) mass is 309 g/mol. The molecule has 0 spiro atoms. The molecule has 0 amide bonds. The summed E-state index contributed by atoms with van der Waals surface area (Å²) < 4.78 is 5.31. The van der Waals surface area contributed by atoms with Crippen molar-refractivity contribution in [3.63, 3.8) is 0 Å². The molecular weight excluding hydrogens is 293 g/mol. The van der Waals surface area contributed by atoms with Crippen molar-refractivity contribution in [3.8, 4) is 5.75 Å². The second kappa shape index (κ2) is 6.87. The highest BCUT2D eigenvalue weighted by Gasteiger charge is 2.13. The van der Waals surface area contributed by atoms with Crippen molar-refractivity contribution >= 4 is 28.9 Å². The number of nitrogens with zero attached hydrogens (tertiary/aromatic N) is 1. The van der Waals surface area contributed by atoms with Crippen molar-refractivity contribution in [3.05, 3.63) is 58.6 Å². The second-order valence-electron chi connectivity index (χ2n) is 4.61. The van der Waals surface area contributed by atoms with Gasteiger partial charge in [-0.3, -0.25) is 0 Å². The van der Waals surface area contributed by atoms with Crippen LogP contribution in [-0.4, -0.2) is 14.2 Å². The molecule has 0 bridgehead atoms. The topological polar surface area (TPSA) is 12.5 Å². The average molecular weight is 310 g/mol. The summed E-state index contributed by atoms with van der Waals surface area (Å²) in [6.45, 7) is 0.773. The Hall–Kier alpha value is -1.38. The van der Waals surface area contributed by atoms with Gasteiger partial charge in [0.2, 0.25) is 0 Å². The van der Waals surface area contributed by atoms with Crippen LogP contribution in [-0.2, 0) is 12.4 Å². The number of hydrogen-bond donors (Lipinski definition) is 0. The Morgan fingerprint density at radius 2 is 1.80 bits per heavy atom. The standard InChI is InChI=1S/C16H17Cl2NO/c1-19(11-12-6-4-3-5-7-12)14-8-13(10-17)9-15(20-2)16(14)18/h3-9H,10-11H2,1-2H3. The third-order valence-electron chi connectivity index (χ3n) is 3.13. The van der Waals surface area contributed by atoms with Crippen LogP contribution in [0.15, 0.2) is 42.5 Å². The van der Waals surface area contributed by atoms with Gasteiger partial charge in [-0.1, -0.05) is 41.9 Å². The minimum absolute atomic E-state index is 0.430. The summed E-state index contributed by atoms with van der Waals surface area (Å²) in [6, 6.07) is 14.1. The lowest BCUT2D eigenvalue weighted by Gasteiger charge is -2.22. The Morgan fingerprint density at radius 3 is 2.40 bits per heavy atom. The zero-order chi connectivity index (χ0) is 14.5. The van der Waals surface area contributed by atoms with Gasteiger partial charge in [-0.25, -0.2) is 0 Å². The van der Waals surface area contributed by atoms with Gasteiger partial charge in [0, 0.05) is 19.5 Å². The largest absolute Gasteiger partial charge is 0.495 e. The lowest BCUT2D eigenvalue weighted by molar-refractivity contribution is 0.414. The van der Waals surface area contributed by atoms with Crippen LogP contribution in [0.5, 0.6) is 5.75 Å². The minimum Gasteiger partial charge on any atom is -0.495 e. The highest BCUT2D eigenvalue weighted by molar-refractivity contribution is 6.34. The Bertz CT molecular complexity index is 572. The maximum atomic E-state index is 6.39. The molecule has 2 aromatic rings. The first kappa shape index (κ1) is 15.0. The zero-order valence-electron chi connectivity index (χ0n) is 11.6. The van der Waals surface area contributed by atoms with E-state index in [1.54, 1.807) is 7.11 Å². The van der Waals surface area contributed by atoms with Crippen LogP contribution in [0.1, 0.15) is 11.1 Å². The molecule has 0 heterocycles. The van der Waals surface area contributed by atoms with Gasteiger partial charge < -0.3 is 9.64 Å². The summed E-state index contributed by atoms with van der Waals surface area (Å²) in [7, 11) is 3.62. The van der Waals surface area contributed by atoms with E-state index in [-0.39, 0.29) is 0 Å². The number of methoxy groups -OCH3 is 1. The summed E-state index contributed by atoms with van der Waals surface area (Å²) in [5.74, 6) is 1.08. The van der Waals surface area contributed by atoms with Gasteiger partial charge in [0.05, 0.1) is 12.8 Å². The predicted octanol–water partition coefficient (Wildman–Crippen LogP) is 4.72. The first-order valence-corrected chi connectivity index (χ1v) is 7.24. The lowest BCUT2D eigenvalue weighted by Crippen LogP contribution is -2.17. The highest BCUT2D eigenvalue weighted by atomic mass is 35.5. The number of anilines is 1. The molecule has 0 atom stereocenters. The van der Waals surface area contributed by atoms with Crippen molar-refractivity contribution in [1.82, 2.24) is 0 Å². The molecule has 0 saturated heterocycles. The van der Waals surface area contributed by atoms with E-state index in [0.29, 0.717) is 16.7 Å². The Kier molecular flexibility index (Phi) is 5.16. The van der Waals surface area contributed by atoms with Gasteiger partial charge >= 0.3 is 0 Å². The molecule has 0 aliphatic rings. The van der Waals surface area contributed by atoms with Crippen LogP contribution in [0.4, 0.5) is 5.69 Å². The molecule has 2 aromatic carbocycles. The van der Waals surface area contributed by atoms with Gasteiger partial charge in [0.25, 0.3) is 0 Å². The van der Waals surface area contributed by atoms with Gasteiger partial charge in [-0.15, -0.1) is 11.6 Å². The van der Waals surface area contributed by atoms with Crippen molar-refractivity contribution < 1.29 is 4.74 Å². The Balaban J connectivity index is 2.31. The van der Waals surface area contributed by atoms with E-state index in [4.69, 9.17) is 27.9 Å². The normalized spacial score (nSPS) is 10.4. The van der Waals surface area contributed by atoms with E-state index >= 15 is 0 Å². The van der Waals surface area contributed by atoms with Crippen molar-refractivity contribution in [2.45, 2.75) is 12.4 Å². The number of benzene rings is 2. The van der Waals surface area contributed by atoms with E-state index in [2.05, 4.69) is 17.0 Å². The molecule has 0 unspecified atom stereocenters. The fraction of sp³-hybridized carbons (Fsp3) is 0.250. The summed E-state index contributed by atoms with van der Waals surface area (Å²) in [5.41, 5.74) is 3.13. The lowest BCUT2D eigenvalue weighted by atomic mass is 10.1. The summed E-state index contributed by atoms with van der Waals surface area (Å²) >= 11 is 12.3. The van der Waals surface area contributed by atoms with Crippen LogP contribution in [0.3, 0.4) is 0 Å². The molecule has 106 valence electrons. The van der Waals surface area contributed by atoms with Gasteiger partial charge in [-0.2, -0.15) is 0 Å². The zero-order valence-corrected chi connectivity index (χ0v) is 13.1. The van der Waals surface area contributed by atoms with Gasteiger partial charge in [0.1, 0.15) is 10.8 Å². The molecule has 0 N–H and O–H groups in total. The third-order valence-corrected chi connectivity index (χ3v) is 3.82. The van der Waals surface area contributed by atoms with E-state index in [1.165, 1.54) is 5.56 Å². The van der Waals surface area contributed by atoms with Crippen LogP contribution < -0.4 is 9.64 Å². The molecule has 0 aliphatic heterocycles. The summed E-state index contributed by atoms with van der Waals surface area (Å²) in [4.78, 5) is 2.09. The van der Waals surface area contributed by atoms with Crippen LogP contribution >= 0.6 is 23.2 Å². The first-order chi connectivity index (χ1) is 9.65. The number of alkyl halides is 1. The molecule has 0 fully saturated rings. The molecule has 0 radical (unpaired) electrons. The number of hydrogen-bond acceptors (Lipinski definition) is 2. The summed E-state index contributed by atoms with van der Waals surface area (Å²) in [6.07, 6.45) is 0. The predicted molar refractivity (Wildman–Crippen MR) is 86.1 cm³/mol. The number of ether oxygens (including phenoxy) is 1. The molecule has 0 aromatic heterocycles. The van der Waals surface area contributed by atoms with E-state index < -0.39 is 0 Å². The molecular formula is C16H17Cl2NO. The molecule has 0 aliphatic carbocycles. The van der Waals surface area contributed by atoms with E-state index in [0.717, 1.165) is 17.8 Å². The van der Waals surface area contributed by atoms with Gasteiger partial charge in [0.15, 0.2) is 0 Å². The molecule has 0 saturated carbocycles. The smallest absolute Gasteiger partial charge is 0.139 e. The quantitative estimate of drug-likeness (QED) is 0.741. The van der Waals surface area contributed by atoms with E-state index in [9.17, 15) is 0 Å². The summed E-state index contributed by atoms with van der Waals surface area (Å²) in [5, 5.41) is 0.611. The molecule has 4 heteroatoms. The van der Waals surface area contributed by atoms with Crippen LogP contribution in [0.25, 0.3) is 0 Å². The maximum Gasteiger partial charge on any atom is 0.139 e. The first-order valence-electron chi connectivity index (χ1n) is 6.33. The third kappa shape index (κ3) is 3.38. The number of rotatable bonds is 5. The van der Waals surface area contributed by atoms with Gasteiger partial charge in [-0.05, 0) is 23.3 Å². The fourth-order valence-corrected chi connectivity index (χ4v) is 2.57. The maximum absolute atomic E-state index is 6.39. The van der Waals surface area contributed by atoms with Crippen molar-refractivity contribution in [2.24, 2.45) is 0 Å². The Morgan fingerprint density at radius 1 is 1.10 bits per heavy atom.